The van der Waals surface area contributed by atoms with Gasteiger partial charge in [-0.2, -0.15) is 0 Å². The van der Waals surface area contributed by atoms with Gasteiger partial charge in [0.25, 0.3) is 5.91 Å². The number of carbonyl (C=O) groups excluding carboxylic acids is 1. The first kappa shape index (κ1) is 38.2. The number of hydrogen-bond acceptors (Lipinski definition) is 5. The zero-order chi connectivity index (χ0) is 34.8. The second-order valence-corrected chi connectivity index (χ2v) is 14.9. The molecule has 5 nitrogen and oxygen atoms in total. The van der Waals surface area contributed by atoms with Crippen LogP contribution in [0, 0.1) is 27.7 Å². The Labute approximate surface area is 300 Å². The summed E-state index contributed by atoms with van der Waals surface area (Å²) in [4.78, 5) is 18.4. The van der Waals surface area contributed by atoms with Gasteiger partial charge in [-0.1, -0.05) is 148 Å². The molecule has 0 fully saturated rings. The molecule has 1 unspecified atom stereocenters. The first-order valence-corrected chi connectivity index (χ1v) is 19.5. The van der Waals surface area contributed by atoms with Gasteiger partial charge < -0.3 is 15.4 Å². The second-order valence-electron chi connectivity index (χ2n) is 13.9. The van der Waals surface area contributed by atoms with Gasteiger partial charge in [-0.3, -0.25) is 4.79 Å². The number of nitrogens with one attached hydrogen (secondary N) is 2. The number of unbranched alkanes of at least 4 members (excludes halogenated alkanes) is 11. The van der Waals surface area contributed by atoms with Crippen LogP contribution in [0.5, 0.6) is 5.75 Å². The first-order valence-electron chi connectivity index (χ1n) is 18.7. The number of aryl methyl sites for hydroxylation is 5. The normalized spacial score (nSPS) is 11.8. The fourth-order valence-electron chi connectivity index (χ4n) is 6.62. The fourth-order valence-corrected chi connectivity index (χ4v) is 7.59. The molecule has 0 aliphatic heterocycles. The molecule has 1 aromatic heterocycles. The number of rotatable bonds is 22. The Morgan fingerprint density at radius 3 is 1.98 bits per heavy atom. The van der Waals surface area contributed by atoms with Crippen LogP contribution in [-0.2, 0) is 13.0 Å². The molecular formula is C43H59N3O2S. The summed E-state index contributed by atoms with van der Waals surface area (Å²) in [5.41, 5.74) is 7.59. The van der Waals surface area contributed by atoms with Crippen LogP contribution in [0.15, 0.2) is 66.7 Å². The number of aromatic nitrogens is 1. The van der Waals surface area contributed by atoms with Gasteiger partial charge in [0.2, 0.25) is 0 Å². The van der Waals surface area contributed by atoms with Crippen molar-refractivity contribution in [2.75, 3.05) is 10.6 Å². The van der Waals surface area contributed by atoms with Crippen molar-refractivity contribution in [3.63, 3.8) is 0 Å². The molecule has 0 bridgehead atoms. The minimum atomic E-state index is -0.0793. The fraction of sp³-hybridized carbons (Fsp3) is 0.488. The SMILES string of the molecule is Cc1cc(C)c(NC(=O)c2sc(NC(C)CCCCCCCCCCCCCCc3ccccc3OCc3ccccc3)nc2C)c(C)c1. The molecular weight excluding hydrogens is 623 g/mol. The molecule has 0 radical (unpaired) electrons. The van der Waals surface area contributed by atoms with E-state index in [-0.39, 0.29) is 5.91 Å². The van der Waals surface area contributed by atoms with E-state index in [0.29, 0.717) is 17.5 Å². The number of benzene rings is 3. The van der Waals surface area contributed by atoms with Crippen LogP contribution in [0.3, 0.4) is 0 Å². The summed E-state index contributed by atoms with van der Waals surface area (Å²) in [7, 11) is 0. The molecule has 0 saturated heterocycles. The minimum absolute atomic E-state index is 0.0793. The Morgan fingerprint density at radius 1 is 0.755 bits per heavy atom. The van der Waals surface area contributed by atoms with Crippen LogP contribution in [-0.4, -0.2) is 16.9 Å². The van der Waals surface area contributed by atoms with E-state index < -0.39 is 0 Å². The predicted octanol–water partition coefficient (Wildman–Crippen LogP) is 12.3. The van der Waals surface area contributed by atoms with Gasteiger partial charge in [0.15, 0.2) is 5.13 Å². The van der Waals surface area contributed by atoms with E-state index in [2.05, 4.69) is 90.1 Å². The average molecular weight is 682 g/mol. The van der Waals surface area contributed by atoms with Crippen LogP contribution in [0.1, 0.15) is 134 Å². The number of carbonyl (C=O) groups is 1. The van der Waals surface area contributed by atoms with E-state index in [1.807, 2.05) is 26.8 Å². The van der Waals surface area contributed by atoms with E-state index in [9.17, 15) is 4.79 Å². The Kier molecular flexibility index (Phi) is 16.2. The van der Waals surface area contributed by atoms with Gasteiger partial charge in [0.1, 0.15) is 17.2 Å². The maximum atomic E-state index is 13.1. The molecule has 1 heterocycles. The highest BCUT2D eigenvalue weighted by atomic mass is 32.1. The van der Waals surface area contributed by atoms with Crippen LogP contribution in [0.4, 0.5) is 10.8 Å². The third-order valence-corrected chi connectivity index (χ3v) is 10.4. The molecule has 0 aliphatic carbocycles. The smallest absolute Gasteiger partial charge is 0.267 e. The Bertz CT molecular complexity index is 1540. The zero-order valence-corrected chi connectivity index (χ0v) is 31.5. The Balaban J connectivity index is 0.984. The summed E-state index contributed by atoms with van der Waals surface area (Å²) in [5, 5.41) is 7.50. The lowest BCUT2D eigenvalue weighted by atomic mass is 10.0. The monoisotopic (exact) mass is 681 g/mol. The standard InChI is InChI=1S/C43H59N3O2S/c1-32-29-33(2)40(34(3)30-32)46-42(47)41-36(5)45-43(49-41)44-35(4)23-17-14-12-10-8-6-7-9-11-13-15-20-26-38-27-21-22-28-39(38)48-31-37-24-18-16-19-25-37/h16,18-19,21-22,24-25,27-30,35H,6-15,17,20,23,26,31H2,1-5H3,(H,44,45)(H,46,47). The van der Waals surface area contributed by atoms with Gasteiger partial charge in [-0.05, 0) is 82.2 Å². The van der Waals surface area contributed by atoms with Crippen molar-refractivity contribution >= 4 is 28.1 Å². The van der Waals surface area contributed by atoms with Gasteiger partial charge in [-0.15, -0.1) is 0 Å². The molecule has 1 atom stereocenters. The minimum Gasteiger partial charge on any atom is -0.489 e. The number of anilines is 2. The number of ether oxygens (including phenoxy) is 1. The van der Waals surface area contributed by atoms with E-state index in [1.54, 1.807) is 0 Å². The van der Waals surface area contributed by atoms with Crippen LogP contribution < -0.4 is 15.4 Å². The predicted molar refractivity (Wildman–Crippen MR) is 209 cm³/mol. The number of amides is 1. The highest BCUT2D eigenvalue weighted by Gasteiger charge is 2.18. The molecule has 0 aliphatic rings. The average Bonchev–Trinajstić information content (AvgIpc) is 3.45. The Hall–Kier alpha value is -3.64. The molecule has 1 amide bonds. The van der Waals surface area contributed by atoms with E-state index >= 15 is 0 Å². The largest absolute Gasteiger partial charge is 0.489 e. The quantitative estimate of drug-likeness (QED) is 0.0810. The highest BCUT2D eigenvalue weighted by molar-refractivity contribution is 7.17. The summed E-state index contributed by atoms with van der Waals surface area (Å²) < 4.78 is 6.14. The summed E-state index contributed by atoms with van der Waals surface area (Å²) >= 11 is 1.45. The molecule has 4 rings (SSSR count). The van der Waals surface area contributed by atoms with Gasteiger partial charge in [0.05, 0.1) is 5.69 Å². The van der Waals surface area contributed by atoms with Crippen LogP contribution in [0.25, 0.3) is 0 Å². The van der Waals surface area contributed by atoms with E-state index in [1.165, 1.54) is 105 Å². The molecule has 0 spiro atoms. The molecule has 3 aromatic carbocycles. The molecule has 49 heavy (non-hydrogen) atoms. The lowest BCUT2D eigenvalue weighted by Gasteiger charge is -2.13. The molecule has 2 N–H and O–H groups in total. The van der Waals surface area contributed by atoms with Crippen molar-refractivity contribution < 1.29 is 9.53 Å². The van der Waals surface area contributed by atoms with Crippen molar-refractivity contribution in [1.29, 1.82) is 0 Å². The van der Waals surface area contributed by atoms with Gasteiger partial charge >= 0.3 is 0 Å². The summed E-state index contributed by atoms with van der Waals surface area (Å²) in [5.74, 6) is 0.952. The van der Waals surface area contributed by atoms with Crippen molar-refractivity contribution in [3.8, 4) is 5.75 Å². The summed E-state index contributed by atoms with van der Waals surface area (Å²) in [6, 6.07) is 23.5. The van der Waals surface area contributed by atoms with Gasteiger partial charge in [-0.25, -0.2) is 4.98 Å². The van der Waals surface area contributed by atoms with E-state index in [0.717, 1.165) is 46.2 Å². The van der Waals surface area contributed by atoms with E-state index in [4.69, 9.17) is 4.74 Å². The summed E-state index contributed by atoms with van der Waals surface area (Å²) in [6.45, 7) is 10.9. The van der Waals surface area contributed by atoms with Crippen molar-refractivity contribution in [2.45, 2.75) is 137 Å². The zero-order valence-electron chi connectivity index (χ0n) is 30.7. The van der Waals surface area contributed by atoms with Crippen molar-refractivity contribution in [1.82, 2.24) is 4.98 Å². The number of nitrogens with zero attached hydrogens (tertiary/aromatic N) is 1. The number of thiazole rings is 1. The third-order valence-electron chi connectivity index (χ3n) is 9.33. The third kappa shape index (κ3) is 13.3. The Morgan fingerprint density at radius 2 is 1.33 bits per heavy atom. The number of para-hydroxylation sites is 1. The molecule has 0 saturated carbocycles. The lowest BCUT2D eigenvalue weighted by Crippen LogP contribution is -2.14. The molecule has 264 valence electrons. The number of hydrogen-bond donors (Lipinski definition) is 2. The maximum Gasteiger partial charge on any atom is 0.267 e. The lowest BCUT2D eigenvalue weighted by molar-refractivity contribution is 0.102. The topological polar surface area (TPSA) is 63.2 Å². The molecule has 6 heteroatoms. The van der Waals surface area contributed by atoms with Crippen molar-refractivity contribution in [3.05, 3.63) is 105 Å². The summed E-state index contributed by atoms with van der Waals surface area (Å²) in [6.07, 6.45) is 18.1. The first-order chi connectivity index (χ1) is 23.8. The maximum absolute atomic E-state index is 13.1. The van der Waals surface area contributed by atoms with Crippen LogP contribution >= 0.6 is 11.3 Å². The highest BCUT2D eigenvalue weighted by Crippen LogP contribution is 2.28. The van der Waals surface area contributed by atoms with Gasteiger partial charge in [0, 0.05) is 11.7 Å². The molecule has 4 aromatic rings. The van der Waals surface area contributed by atoms with Crippen molar-refractivity contribution in [2.24, 2.45) is 0 Å². The van der Waals surface area contributed by atoms with Crippen LogP contribution in [0.2, 0.25) is 0 Å². The second kappa shape index (κ2) is 20.8.